The van der Waals surface area contributed by atoms with Crippen molar-refractivity contribution in [3.05, 3.63) is 28.8 Å². The lowest BCUT2D eigenvalue weighted by atomic mass is 10.0. The number of methoxy groups -OCH3 is 1. The van der Waals surface area contributed by atoms with Crippen LogP contribution in [-0.4, -0.2) is 40.3 Å². The van der Waals surface area contributed by atoms with Crippen LogP contribution in [0.2, 0.25) is 0 Å². The van der Waals surface area contributed by atoms with Crippen LogP contribution in [0.25, 0.3) is 0 Å². The number of quaternary nitrogens is 2. The summed E-state index contributed by atoms with van der Waals surface area (Å²) < 4.78 is 5.39. The van der Waals surface area contributed by atoms with Gasteiger partial charge < -0.3 is 14.5 Å². The lowest BCUT2D eigenvalue weighted by Gasteiger charge is -2.18. The summed E-state index contributed by atoms with van der Waals surface area (Å²) in [7, 11) is 4.06. The fourth-order valence-corrected chi connectivity index (χ4v) is 2.99. The smallest absolute Gasteiger partial charge is 0.127 e. The normalized spacial score (nSPS) is 24.0. The van der Waals surface area contributed by atoms with Crippen molar-refractivity contribution in [1.29, 1.82) is 0 Å². The molecule has 19 heavy (non-hydrogen) atoms. The van der Waals surface area contributed by atoms with Gasteiger partial charge in [0.25, 0.3) is 0 Å². The first-order valence-electron chi connectivity index (χ1n) is 7.39. The molecule has 2 N–H and O–H groups in total. The standard InChI is InChI=1S/C16H26N2O/c1-13-11-16(19-4)14(2)10-15(13)12-18-7-5-6-17(3)8-9-18/h10-11H,5-9,12H2,1-4H3/p+2. The zero-order valence-corrected chi connectivity index (χ0v) is 12.8. The molecule has 2 rings (SSSR count). The Morgan fingerprint density at radius 1 is 1.05 bits per heavy atom. The second-order valence-electron chi connectivity index (χ2n) is 5.99. The zero-order valence-electron chi connectivity index (χ0n) is 12.8. The fraction of sp³-hybridized carbons (Fsp3) is 0.625. The van der Waals surface area contributed by atoms with Crippen LogP contribution in [0.1, 0.15) is 23.1 Å². The van der Waals surface area contributed by atoms with Gasteiger partial charge in [0.15, 0.2) is 0 Å². The minimum Gasteiger partial charge on any atom is -0.496 e. The average Bonchev–Trinajstić information content (AvgIpc) is 2.58. The Morgan fingerprint density at radius 3 is 2.58 bits per heavy atom. The summed E-state index contributed by atoms with van der Waals surface area (Å²) in [5, 5.41) is 0. The van der Waals surface area contributed by atoms with Gasteiger partial charge in [-0.15, -0.1) is 0 Å². The Balaban J connectivity index is 2.08. The number of rotatable bonds is 3. The number of ether oxygens (including phenoxy) is 1. The van der Waals surface area contributed by atoms with E-state index in [4.69, 9.17) is 4.74 Å². The second kappa shape index (κ2) is 6.40. The first-order chi connectivity index (χ1) is 9.10. The highest BCUT2D eigenvalue weighted by atomic mass is 16.5. The van der Waals surface area contributed by atoms with E-state index in [2.05, 4.69) is 33.0 Å². The average molecular weight is 264 g/mol. The van der Waals surface area contributed by atoms with Crippen molar-refractivity contribution in [3.63, 3.8) is 0 Å². The molecule has 1 aromatic rings. The summed E-state index contributed by atoms with van der Waals surface area (Å²) >= 11 is 0. The Kier molecular flexibility index (Phi) is 4.83. The van der Waals surface area contributed by atoms with Gasteiger partial charge in [0.1, 0.15) is 25.4 Å². The van der Waals surface area contributed by atoms with Crippen LogP contribution in [0.5, 0.6) is 5.75 Å². The Bertz CT molecular complexity index is 431. The lowest BCUT2D eigenvalue weighted by molar-refractivity contribution is -0.938. The van der Waals surface area contributed by atoms with Gasteiger partial charge in [-0.05, 0) is 37.1 Å². The van der Waals surface area contributed by atoms with E-state index in [-0.39, 0.29) is 0 Å². The summed E-state index contributed by atoms with van der Waals surface area (Å²) in [6.45, 7) is 10.7. The minimum absolute atomic E-state index is 1.01. The number of hydrogen-bond donors (Lipinski definition) is 2. The van der Waals surface area contributed by atoms with Gasteiger partial charge in [0.05, 0.1) is 27.2 Å². The van der Waals surface area contributed by atoms with Gasteiger partial charge in [-0.3, -0.25) is 0 Å². The largest absolute Gasteiger partial charge is 0.496 e. The van der Waals surface area contributed by atoms with Crippen LogP contribution in [-0.2, 0) is 6.54 Å². The van der Waals surface area contributed by atoms with Crippen molar-refractivity contribution < 1.29 is 14.5 Å². The summed E-state index contributed by atoms with van der Waals surface area (Å²) in [5.41, 5.74) is 4.09. The maximum Gasteiger partial charge on any atom is 0.127 e. The van der Waals surface area contributed by atoms with Gasteiger partial charge in [-0.25, -0.2) is 0 Å². The number of likely N-dealkylation sites (N-methyl/N-ethyl adjacent to an activating group) is 1. The maximum absolute atomic E-state index is 5.39. The van der Waals surface area contributed by atoms with Crippen LogP contribution < -0.4 is 14.5 Å². The molecular formula is C16H28N2O+2. The fourth-order valence-electron chi connectivity index (χ4n) is 2.99. The van der Waals surface area contributed by atoms with Gasteiger partial charge in [-0.2, -0.15) is 0 Å². The predicted octanol–water partition coefficient (Wildman–Crippen LogP) is -0.385. The van der Waals surface area contributed by atoms with E-state index in [1.54, 1.807) is 16.9 Å². The Morgan fingerprint density at radius 2 is 1.84 bits per heavy atom. The molecule has 0 aliphatic carbocycles. The third-order valence-corrected chi connectivity index (χ3v) is 4.33. The highest BCUT2D eigenvalue weighted by molar-refractivity contribution is 5.41. The highest BCUT2D eigenvalue weighted by Gasteiger charge is 2.18. The molecule has 3 nitrogen and oxygen atoms in total. The highest BCUT2D eigenvalue weighted by Crippen LogP contribution is 2.21. The zero-order chi connectivity index (χ0) is 13.8. The molecule has 106 valence electrons. The van der Waals surface area contributed by atoms with Gasteiger partial charge in [0.2, 0.25) is 0 Å². The molecule has 2 unspecified atom stereocenters. The van der Waals surface area contributed by atoms with E-state index in [0.29, 0.717) is 0 Å². The van der Waals surface area contributed by atoms with Crippen molar-refractivity contribution in [1.82, 2.24) is 0 Å². The maximum atomic E-state index is 5.39. The molecule has 0 bridgehead atoms. The van der Waals surface area contributed by atoms with E-state index in [0.717, 1.165) is 12.3 Å². The van der Waals surface area contributed by atoms with E-state index < -0.39 is 0 Å². The topological polar surface area (TPSA) is 18.1 Å². The van der Waals surface area contributed by atoms with Crippen LogP contribution in [0.4, 0.5) is 0 Å². The van der Waals surface area contributed by atoms with Gasteiger partial charge in [0, 0.05) is 12.0 Å². The van der Waals surface area contributed by atoms with E-state index >= 15 is 0 Å². The van der Waals surface area contributed by atoms with Crippen LogP contribution >= 0.6 is 0 Å². The number of benzene rings is 1. The van der Waals surface area contributed by atoms with Gasteiger partial charge in [-0.1, -0.05) is 0 Å². The number of nitrogens with one attached hydrogen (secondary N) is 2. The molecule has 0 amide bonds. The predicted molar refractivity (Wildman–Crippen MR) is 78.1 cm³/mol. The lowest BCUT2D eigenvalue weighted by Crippen LogP contribution is -3.15. The molecule has 1 aliphatic heterocycles. The van der Waals surface area contributed by atoms with Crippen molar-refractivity contribution in [2.45, 2.75) is 26.8 Å². The molecule has 1 aromatic carbocycles. The van der Waals surface area contributed by atoms with Crippen LogP contribution in [0.3, 0.4) is 0 Å². The molecule has 1 fully saturated rings. The van der Waals surface area contributed by atoms with E-state index in [1.165, 1.54) is 49.3 Å². The quantitative estimate of drug-likeness (QED) is 0.761. The number of hydrogen-bond acceptors (Lipinski definition) is 1. The third kappa shape index (κ3) is 3.71. The summed E-state index contributed by atoms with van der Waals surface area (Å²) in [4.78, 5) is 3.40. The van der Waals surface area contributed by atoms with Crippen molar-refractivity contribution >= 4 is 0 Å². The number of aryl methyl sites for hydroxylation is 2. The molecule has 1 saturated heterocycles. The molecule has 0 saturated carbocycles. The summed E-state index contributed by atoms with van der Waals surface area (Å²) in [6, 6.07) is 4.49. The molecule has 0 spiro atoms. The van der Waals surface area contributed by atoms with Crippen molar-refractivity contribution in [3.8, 4) is 5.75 Å². The first-order valence-corrected chi connectivity index (χ1v) is 7.39. The minimum atomic E-state index is 1.01. The van der Waals surface area contributed by atoms with Gasteiger partial charge >= 0.3 is 0 Å². The summed E-state index contributed by atoms with van der Waals surface area (Å²) in [5.74, 6) is 1.01. The van der Waals surface area contributed by atoms with Crippen molar-refractivity contribution in [2.75, 3.05) is 40.3 Å². The first kappa shape index (κ1) is 14.4. The SMILES string of the molecule is COc1cc(C)c(C[NH+]2CCC[NH+](C)CC2)cc1C. The Labute approximate surface area is 117 Å². The second-order valence-corrected chi connectivity index (χ2v) is 5.99. The molecule has 1 heterocycles. The van der Waals surface area contributed by atoms with Crippen molar-refractivity contribution in [2.24, 2.45) is 0 Å². The monoisotopic (exact) mass is 264 g/mol. The van der Waals surface area contributed by atoms with Crippen LogP contribution in [0, 0.1) is 13.8 Å². The molecule has 2 atom stereocenters. The third-order valence-electron chi connectivity index (χ3n) is 4.33. The van der Waals surface area contributed by atoms with E-state index in [9.17, 15) is 0 Å². The molecule has 3 heteroatoms. The molecule has 0 aromatic heterocycles. The Hall–Kier alpha value is -1.06. The van der Waals surface area contributed by atoms with Crippen LogP contribution in [0.15, 0.2) is 12.1 Å². The molecule has 1 aliphatic rings. The molecule has 0 radical (unpaired) electrons. The molecular weight excluding hydrogens is 236 g/mol. The summed E-state index contributed by atoms with van der Waals surface area (Å²) in [6.07, 6.45) is 1.34. The van der Waals surface area contributed by atoms with E-state index in [1.807, 2.05) is 0 Å².